The van der Waals surface area contributed by atoms with Gasteiger partial charge in [0, 0.05) is 12.8 Å². The molecule has 2 atom stereocenters. The highest BCUT2D eigenvalue weighted by molar-refractivity contribution is 5.86. The Morgan fingerprint density at radius 2 is 2.07 bits per heavy atom. The zero-order valence-corrected chi connectivity index (χ0v) is 10.0. The Labute approximate surface area is 91.2 Å². The van der Waals surface area contributed by atoms with Gasteiger partial charge in [-0.1, -0.05) is 27.2 Å². The van der Waals surface area contributed by atoms with E-state index in [2.05, 4.69) is 20.8 Å². The van der Waals surface area contributed by atoms with E-state index in [1.807, 2.05) is 0 Å². The minimum Gasteiger partial charge on any atom is -0.469 e. The van der Waals surface area contributed by atoms with Crippen molar-refractivity contribution in [3.05, 3.63) is 0 Å². The smallest absolute Gasteiger partial charge is 0.309 e. The molecule has 0 saturated heterocycles. The van der Waals surface area contributed by atoms with Gasteiger partial charge in [-0.15, -0.1) is 0 Å². The number of Topliss-reactive ketones (excluding diaryl/α,β-unsaturated/α-hetero) is 1. The molecule has 1 fully saturated rings. The number of carbonyl (C=O) groups excluding carboxylic acids is 2. The highest BCUT2D eigenvalue weighted by Gasteiger charge is 2.46. The van der Waals surface area contributed by atoms with Crippen molar-refractivity contribution in [3.8, 4) is 0 Å². The molecule has 0 radical (unpaired) electrons. The Hall–Kier alpha value is -0.860. The summed E-state index contributed by atoms with van der Waals surface area (Å²) in [6, 6.07) is 0. The van der Waals surface area contributed by atoms with E-state index in [4.69, 9.17) is 4.74 Å². The van der Waals surface area contributed by atoms with Crippen molar-refractivity contribution in [1.29, 1.82) is 0 Å². The molecule has 3 nitrogen and oxygen atoms in total. The molecule has 15 heavy (non-hydrogen) atoms. The third kappa shape index (κ3) is 2.21. The number of ether oxygens (including phenoxy) is 1. The number of esters is 1. The SMILES string of the molecule is CCC1CC(=O)CC(C(=O)OC)C1(C)C. The van der Waals surface area contributed by atoms with Crippen LogP contribution in [0.25, 0.3) is 0 Å². The fourth-order valence-corrected chi connectivity index (χ4v) is 2.60. The zero-order valence-electron chi connectivity index (χ0n) is 10.0. The first-order valence-electron chi connectivity index (χ1n) is 5.53. The van der Waals surface area contributed by atoms with E-state index in [0.717, 1.165) is 6.42 Å². The molecule has 1 saturated carbocycles. The predicted molar refractivity (Wildman–Crippen MR) is 57.3 cm³/mol. The summed E-state index contributed by atoms with van der Waals surface area (Å²) >= 11 is 0. The first kappa shape index (κ1) is 12.2. The van der Waals surface area contributed by atoms with Crippen LogP contribution in [0.1, 0.15) is 40.0 Å². The molecule has 0 aromatic carbocycles. The minimum absolute atomic E-state index is 0.129. The minimum atomic E-state index is -0.270. The van der Waals surface area contributed by atoms with Crippen LogP contribution in [0.3, 0.4) is 0 Å². The summed E-state index contributed by atoms with van der Waals surface area (Å²) in [7, 11) is 1.39. The Balaban J connectivity index is 2.93. The van der Waals surface area contributed by atoms with Gasteiger partial charge in [-0.25, -0.2) is 0 Å². The van der Waals surface area contributed by atoms with Gasteiger partial charge >= 0.3 is 5.97 Å². The zero-order chi connectivity index (χ0) is 11.6. The molecule has 0 aromatic rings. The van der Waals surface area contributed by atoms with Crippen molar-refractivity contribution >= 4 is 11.8 Å². The number of rotatable bonds is 2. The molecule has 86 valence electrons. The van der Waals surface area contributed by atoms with Crippen LogP contribution < -0.4 is 0 Å². The number of hydrogen-bond donors (Lipinski definition) is 0. The molecule has 1 aliphatic rings. The molecule has 0 aromatic heterocycles. The van der Waals surface area contributed by atoms with E-state index in [-0.39, 0.29) is 23.1 Å². The van der Waals surface area contributed by atoms with E-state index in [9.17, 15) is 9.59 Å². The molecule has 3 heteroatoms. The van der Waals surface area contributed by atoms with E-state index in [1.54, 1.807) is 0 Å². The standard InChI is InChI=1S/C12H20O3/c1-5-8-6-9(13)7-10(11(14)15-4)12(8,2)3/h8,10H,5-7H2,1-4H3. The molecule has 0 heterocycles. The third-order valence-corrected chi connectivity index (χ3v) is 3.83. The highest BCUT2D eigenvalue weighted by Crippen LogP contribution is 2.45. The summed E-state index contributed by atoms with van der Waals surface area (Å²) < 4.78 is 4.78. The van der Waals surface area contributed by atoms with Crippen molar-refractivity contribution in [2.45, 2.75) is 40.0 Å². The molecule has 1 rings (SSSR count). The summed E-state index contributed by atoms with van der Waals surface area (Å²) in [6.07, 6.45) is 1.89. The first-order valence-corrected chi connectivity index (χ1v) is 5.53. The summed E-state index contributed by atoms with van der Waals surface area (Å²) in [5, 5.41) is 0. The number of carbonyl (C=O) groups is 2. The largest absolute Gasteiger partial charge is 0.469 e. The average Bonchev–Trinajstić information content (AvgIpc) is 2.19. The molecule has 0 aliphatic heterocycles. The van der Waals surface area contributed by atoms with Crippen LogP contribution in [0.4, 0.5) is 0 Å². The summed E-state index contributed by atoms with van der Waals surface area (Å²) in [6.45, 7) is 6.20. The summed E-state index contributed by atoms with van der Waals surface area (Å²) in [5.74, 6) is -0.0281. The van der Waals surface area contributed by atoms with E-state index < -0.39 is 0 Å². The normalized spacial score (nSPS) is 30.0. The van der Waals surface area contributed by atoms with Crippen LogP contribution >= 0.6 is 0 Å². The Morgan fingerprint density at radius 3 is 2.53 bits per heavy atom. The van der Waals surface area contributed by atoms with Crippen LogP contribution in [0.15, 0.2) is 0 Å². The lowest BCUT2D eigenvalue weighted by molar-refractivity contribution is -0.157. The molecule has 0 amide bonds. The Kier molecular flexibility index (Phi) is 3.53. The molecule has 0 N–H and O–H groups in total. The fourth-order valence-electron chi connectivity index (χ4n) is 2.60. The Bertz CT molecular complexity index is 268. The topological polar surface area (TPSA) is 43.4 Å². The van der Waals surface area contributed by atoms with Crippen LogP contribution in [0.2, 0.25) is 0 Å². The maximum absolute atomic E-state index is 11.6. The lowest BCUT2D eigenvalue weighted by Gasteiger charge is -2.42. The van der Waals surface area contributed by atoms with Crippen LogP contribution in [0.5, 0.6) is 0 Å². The fraction of sp³-hybridized carbons (Fsp3) is 0.833. The number of ketones is 1. The van der Waals surface area contributed by atoms with Gasteiger partial charge in [-0.3, -0.25) is 9.59 Å². The third-order valence-electron chi connectivity index (χ3n) is 3.83. The lowest BCUT2D eigenvalue weighted by atomic mass is 9.61. The maximum atomic E-state index is 11.6. The van der Waals surface area contributed by atoms with Gasteiger partial charge in [0.05, 0.1) is 13.0 Å². The van der Waals surface area contributed by atoms with E-state index >= 15 is 0 Å². The van der Waals surface area contributed by atoms with Gasteiger partial charge in [0.2, 0.25) is 0 Å². The van der Waals surface area contributed by atoms with E-state index in [1.165, 1.54) is 7.11 Å². The first-order chi connectivity index (χ1) is 6.93. The second-order valence-electron chi connectivity index (χ2n) is 4.95. The second kappa shape index (κ2) is 4.33. The number of hydrogen-bond acceptors (Lipinski definition) is 3. The molecule has 2 unspecified atom stereocenters. The molecule has 0 spiro atoms. The average molecular weight is 212 g/mol. The van der Waals surface area contributed by atoms with Crippen LogP contribution in [0, 0.1) is 17.3 Å². The molecular formula is C12H20O3. The van der Waals surface area contributed by atoms with Crippen molar-refractivity contribution in [1.82, 2.24) is 0 Å². The summed E-state index contributed by atoms with van der Waals surface area (Å²) in [5.41, 5.74) is -0.129. The van der Waals surface area contributed by atoms with Gasteiger partial charge in [-0.2, -0.15) is 0 Å². The second-order valence-corrected chi connectivity index (χ2v) is 4.95. The maximum Gasteiger partial charge on any atom is 0.309 e. The number of methoxy groups -OCH3 is 1. The van der Waals surface area contributed by atoms with Gasteiger partial charge in [0.25, 0.3) is 0 Å². The molecule has 1 aliphatic carbocycles. The lowest BCUT2D eigenvalue weighted by Crippen LogP contribution is -2.44. The van der Waals surface area contributed by atoms with Crippen LogP contribution in [-0.4, -0.2) is 18.9 Å². The summed E-state index contributed by atoms with van der Waals surface area (Å²) in [4.78, 5) is 23.2. The van der Waals surface area contributed by atoms with Crippen molar-refractivity contribution < 1.29 is 14.3 Å². The predicted octanol–water partition coefficient (Wildman–Crippen LogP) is 2.19. The van der Waals surface area contributed by atoms with Crippen molar-refractivity contribution in [2.24, 2.45) is 17.3 Å². The van der Waals surface area contributed by atoms with Crippen molar-refractivity contribution in [3.63, 3.8) is 0 Å². The van der Waals surface area contributed by atoms with Gasteiger partial charge in [0.1, 0.15) is 5.78 Å². The molecule has 0 bridgehead atoms. The highest BCUT2D eigenvalue weighted by atomic mass is 16.5. The van der Waals surface area contributed by atoms with E-state index in [0.29, 0.717) is 18.8 Å². The van der Waals surface area contributed by atoms with Crippen molar-refractivity contribution in [2.75, 3.05) is 7.11 Å². The van der Waals surface area contributed by atoms with Gasteiger partial charge < -0.3 is 4.74 Å². The monoisotopic (exact) mass is 212 g/mol. The van der Waals surface area contributed by atoms with Crippen LogP contribution in [-0.2, 0) is 14.3 Å². The quantitative estimate of drug-likeness (QED) is 0.659. The van der Waals surface area contributed by atoms with Gasteiger partial charge in [-0.05, 0) is 11.3 Å². The van der Waals surface area contributed by atoms with Gasteiger partial charge in [0.15, 0.2) is 0 Å². The Morgan fingerprint density at radius 1 is 1.47 bits per heavy atom. The molecular weight excluding hydrogens is 192 g/mol.